The van der Waals surface area contributed by atoms with E-state index in [0.717, 1.165) is 60.6 Å². The van der Waals surface area contributed by atoms with Crippen molar-refractivity contribution in [2.75, 3.05) is 31.2 Å². The van der Waals surface area contributed by atoms with Crippen LogP contribution in [0, 0.1) is 5.41 Å². The van der Waals surface area contributed by atoms with Crippen LogP contribution in [0.2, 0.25) is 0 Å². The van der Waals surface area contributed by atoms with Gasteiger partial charge in [0.05, 0.1) is 6.61 Å². The molecule has 5 rings (SSSR count). The quantitative estimate of drug-likeness (QED) is 0.691. The maximum atomic E-state index is 6.05. The van der Waals surface area contributed by atoms with Crippen LogP contribution in [-0.2, 0) is 4.74 Å². The summed E-state index contributed by atoms with van der Waals surface area (Å²) in [6.07, 6.45) is 3.96. The Bertz CT molecular complexity index is 851. The highest BCUT2D eigenvalue weighted by Crippen LogP contribution is 2.41. The van der Waals surface area contributed by atoms with Crippen molar-refractivity contribution in [3.63, 3.8) is 0 Å². The van der Waals surface area contributed by atoms with Crippen LogP contribution in [-0.4, -0.2) is 36.3 Å². The minimum atomic E-state index is 0.309. The van der Waals surface area contributed by atoms with E-state index in [4.69, 9.17) is 9.15 Å². The summed E-state index contributed by atoms with van der Waals surface area (Å²) in [5.74, 6) is 0.921. The average Bonchev–Trinajstić information content (AvgIpc) is 3.27. The van der Waals surface area contributed by atoms with E-state index in [1.54, 1.807) is 6.33 Å². The molecule has 2 saturated heterocycles. The first-order valence-electron chi connectivity index (χ1n) is 7.80. The van der Waals surface area contributed by atoms with Gasteiger partial charge in [0.25, 0.3) is 0 Å². The largest absolute Gasteiger partial charge is 0.450 e. The molecule has 5 nitrogen and oxygen atoms in total. The number of aromatic nitrogens is 2. The number of hydrogen-bond donors (Lipinski definition) is 0. The molecule has 22 heavy (non-hydrogen) atoms. The number of nitrogens with zero attached hydrogens (tertiary/aromatic N) is 3. The molecule has 2 aromatic heterocycles. The van der Waals surface area contributed by atoms with Gasteiger partial charge in [-0.25, -0.2) is 9.97 Å². The van der Waals surface area contributed by atoms with Crippen molar-refractivity contribution < 1.29 is 9.15 Å². The van der Waals surface area contributed by atoms with Gasteiger partial charge in [0.1, 0.15) is 17.4 Å². The summed E-state index contributed by atoms with van der Waals surface area (Å²) in [6.45, 7) is 3.76. The number of para-hydroxylation sites is 1. The van der Waals surface area contributed by atoms with Gasteiger partial charge in [-0.1, -0.05) is 12.1 Å². The third kappa shape index (κ3) is 1.69. The van der Waals surface area contributed by atoms with Crippen LogP contribution in [0.25, 0.3) is 22.1 Å². The van der Waals surface area contributed by atoms with Crippen LogP contribution in [0.3, 0.4) is 0 Å². The number of benzene rings is 1. The lowest BCUT2D eigenvalue weighted by Crippen LogP contribution is -2.28. The molecule has 0 radical (unpaired) electrons. The van der Waals surface area contributed by atoms with Crippen LogP contribution in [0.4, 0.5) is 5.82 Å². The molecular formula is C17H17N3O2. The minimum Gasteiger partial charge on any atom is -0.450 e. The molecule has 0 saturated carbocycles. The van der Waals surface area contributed by atoms with Gasteiger partial charge < -0.3 is 14.1 Å². The molecule has 5 heteroatoms. The van der Waals surface area contributed by atoms with Gasteiger partial charge in [-0.05, 0) is 25.0 Å². The van der Waals surface area contributed by atoms with E-state index in [2.05, 4.69) is 14.9 Å². The van der Waals surface area contributed by atoms with Crippen LogP contribution < -0.4 is 4.90 Å². The topological polar surface area (TPSA) is 51.4 Å². The molecule has 2 aliphatic rings. The Kier molecular flexibility index (Phi) is 2.50. The molecule has 2 aliphatic heterocycles. The smallest absolute Gasteiger partial charge is 0.196 e. The van der Waals surface area contributed by atoms with Gasteiger partial charge in [-0.2, -0.15) is 0 Å². The Morgan fingerprint density at radius 2 is 2.09 bits per heavy atom. The summed E-state index contributed by atoms with van der Waals surface area (Å²) in [6, 6.07) is 8.03. The van der Waals surface area contributed by atoms with Crippen molar-refractivity contribution in [2.45, 2.75) is 12.8 Å². The lowest BCUT2D eigenvalue weighted by atomic mass is 9.87. The van der Waals surface area contributed by atoms with Gasteiger partial charge >= 0.3 is 0 Å². The first-order chi connectivity index (χ1) is 10.8. The third-order valence-corrected chi connectivity index (χ3v) is 5.06. The third-order valence-electron chi connectivity index (χ3n) is 5.06. The Morgan fingerprint density at radius 1 is 1.14 bits per heavy atom. The predicted molar refractivity (Wildman–Crippen MR) is 84.0 cm³/mol. The van der Waals surface area contributed by atoms with Crippen molar-refractivity contribution in [2.24, 2.45) is 5.41 Å². The molecule has 1 aromatic carbocycles. The molecule has 1 atom stereocenters. The molecule has 112 valence electrons. The summed E-state index contributed by atoms with van der Waals surface area (Å²) < 4.78 is 11.7. The van der Waals surface area contributed by atoms with Gasteiger partial charge in [-0.3, -0.25) is 0 Å². The number of anilines is 1. The van der Waals surface area contributed by atoms with Gasteiger partial charge in [0, 0.05) is 30.5 Å². The van der Waals surface area contributed by atoms with Crippen molar-refractivity contribution in [3.8, 4) is 0 Å². The predicted octanol–water partition coefficient (Wildman–Crippen LogP) is 2.99. The van der Waals surface area contributed by atoms with Crippen LogP contribution in [0.1, 0.15) is 12.8 Å². The van der Waals surface area contributed by atoms with E-state index in [9.17, 15) is 0 Å². The summed E-state index contributed by atoms with van der Waals surface area (Å²) in [5, 5.41) is 1.05. The highest BCUT2D eigenvalue weighted by atomic mass is 16.5. The first kappa shape index (κ1) is 12.4. The second-order valence-electron chi connectivity index (χ2n) is 6.45. The van der Waals surface area contributed by atoms with Gasteiger partial charge in [0.15, 0.2) is 11.4 Å². The summed E-state index contributed by atoms with van der Waals surface area (Å²) in [4.78, 5) is 11.3. The highest BCUT2D eigenvalue weighted by Gasteiger charge is 2.42. The van der Waals surface area contributed by atoms with E-state index < -0.39 is 0 Å². The molecule has 0 N–H and O–H groups in total. The summed E-state index contributed by atoms with van der Waals surface area (Å²) in [7, 11) is 0. The Labute approximate surface area is 127 Å². The second-order valence-corrected chi connectivity index (χ2v) is 6.45. The van der Waals surface area contributed by atoms with E-state index in [1.807, 2.05) is 24.3 Å². The lowest BCUT2D eigenvalue weighted by Gasteiger charge is -2.22. The fourth-order valence-electron chi connectivity index (χ4n) is 3.82. The van der Waals surface area contributed by atoms with Crippen LogP contribution >= 0.6 is 0 Å². The fraction of sp³-hybridized carbons (Fsp3) is 0.412. The first-order valence-corrected chi connectivity index (χ1v) is 7.80. The number of furan rings is 1. The Morgan fingerprint density at radius 3 is 3.00 bits per heavy atom. The highest BCUT2D eigenvalue weighted by molar-refractivity contribution is 6.05. The molecule has 2 fully saturated rings. The molecule has 1 spiro atoms. The average molecular weight is 295 g/mol. The maximum Gasteiger partial charge on any atom is 0.196 e. The molecular weight excluding hydrogens is 278 g/mol. The standard InChI is InChI=1S/C17H17N3O2/c1-2-4-13-12(3-1)14-15(22-13)16(19-11-18-14)20-7-5-17(9-20)6-8-21-10-17/h1-4,11H,5-10H2/t17-/m0/s1. The minimum absolute atomic E-state index is 0.309. The molecule has 0 bridgehead atoms. The molecule has 4 heterocycles. The zero-order chi connectivity index (χ0) is 14.6. The number of rotatable bonds is 1. The van der Waals surface area contributed by atoms with Crippen molar-refractivity contribution in [1.29, 1.82) is 0 Å². The van der Waals surface area contributed by atoms with Crippen LogP contribution in [0.5, 0.6) is 0 Å². The Balaban J connectivity index is 1.63. The maximum absolute atomic E-state index is 6.05. The van der Waals surface area contributed by atoms with E-state index in [1.165, 1.54) is 6.42 Å². The Hall–Kier alpha value is -2.14. The van der Waals surface area contributed by atoms with Crippen molar-refractivity contribution in [3.05, 3.63) is 30.6 Å². The summed E-state index contributed by atoms with van der Waals surface area (Å²) >= 11 is 0. The monoisotopic (exact) mass is 295 g/mol. The van der Waals surface area contributed by atoms with Gasteiger partial charge in [0.2, 0.25) is 0 Å². The fourth-order valence-corrected chi connectivity index (χ4v) is 3.82. The van der Waals surface area contributed by atoms with Crippen LogP contribution in [0.15, 0.2) is 35.0 Å². The second kappa shape index (κ2) is 4.43. The molecule has 0 unspecified atom stereocenters. The molecule has 0 aliphatic carbocycles. The molecule has 3 aromatic rings. The number of fused-ring (bicyclic) bond motifs is 3. The van der Waals surface area contributed by atoms with E-state index in [0.29, 0.717) is 5.41 Å². The van der Waals surface area contributed by atoms with Crippen molar-refractivity contribution in [1.82, 2.24) is 9.97 Å². The zero-order valence-corrected chi connectivity index (χ0v) is 12.3. The number of ether oxygens (including phenoxy) is 1. The van der Waals surface area contributed by atoms with Gasteiger partial charge in [-0.15, -0.1) is 0 Å². The van der Waals surface area contributed by atoms with Crippen molar-refractivity contribution >= 4 is 27.9 Å². The zero-order valence-electron chi connectivity index (χ0n) is 12.3. The van der Waals surface area contributed by atoms with E-state index >= 15 is 0 Å². The lowest BCUT2D eigenvalue weighted by molar-refractivity contribution is 0.160. The van der Waals surface area contributed by atoms with E-state index in [-0.39, 0.29) is 0 Å². The molecule has 0 amide bonds. The normalized spacial score (nSPS) is 25.0. The number of hydrogen-bond acceptors (Lipinski definition) is 5. The SMILES string of the molecule is c1ccc2c(c1)oc1c(N3CC[C@]4(CCOC4)C3)ncnc12. The summed E-state index contributed by atoms with van der Waals surface area (Å²) in [5.41, 5.74) is 2.89.